The second-order valence-electron chi connectivity index (χ2n) is 5.36. The molecule has 0 saturated heterocycles. The Bertz CT molecular complexity index is 336. The number of pyridine rings is 1. The van der Waals surface area contributed by atoms with Crippen molar-refractivity contribution in [1.82, 2.24) is 9.88 Å². The van der Waals surface area contributed by atoms with Gasteiger partial charge in [0.2, 0.25) is 0 Å². The van der Waals surface area contributed by atoms with Crippen LogP contribution in [-0.2, 0) is 6.54 Å². The molecular weight excluding hydrogens is 222 g/mol. The molecule has 0 spiro atoms. The number of aromatic nitrogens is 1. The van der Waals surface area contributed by atoms with Crippen molar-refractivity contribution in [3.8, 4) is 0 Å². The lowest BCUT2D eigenvalue weighted by Gasteiger charge is -2.19. The summed E-state index contributed by atoms with van der Waals surface area (Å²) in [5.74, 6) is 1.80. The second kappa shape index (κ2) is 8.09. The van der Waals surface area contributed by atoms with Crippen LogP contribution in [-0.4, -0.2) is 30.0 Å². The van der Waals surface area contributed by atoms with Gasteiger partial charge in [-0.3, -0.25) is 0 Å². The van der Waals surface area contributed by atoms with Gasteiger partial charge in [-0.1, -0.05) is 26.8 Å². The molecule has 0 radical (unpaired) electrons. The van der Waals surface area contributed by atoms with Crippen LogP contribution in [0.25, 0.3) is 0 Å². The maximum Gasteiger partial charge on any atom is 0.130 e. The fourth-order valence-electron chi connectivity index (χ4n) is 1.82. The van der Waals surface area contributed by atoms with Gasteiger partial charge >= 0.3 is 0 Å². The molecule has 0 atom stereocenters. The summed E-state index contributed by atoms with van der Waals surface area (Å²) >= 11 is 0. The van der Waals surface area contributed by atoms with Crippen LogP contribution >= 0.6 is 0 Å². The predicted molar refractivity (Wildman–Crippen MR) is 78.8 cm³/mol. The molecule has 1 heterocycles. The van der Waals surface area contributed by atoms with Crippen molar-refractivity contribution < 1.29 is 0 Å². The molecule has 0 bridgehead atoms. The van der Waals surface area contributed by atoms with Gasteiger partial charge in [-0.05, 0) is 38.4 Å². The fourth-order valence-corrected chi connectivity index (χ4v) is 1.82. The molecule has 0 aliphatic heterocycles. The average Bonchev–Trinajstić information content (AvgIpc) is 2.35. The van der Waals surface area contributed by atoms with E-state index in [-0.39, 0.29) is 0 Å². The summed E-state index contributed by atoms with van der Waals surface area (Å²) in [4.78, 5) is 6.80. The molecule has 1 N–H and O–H groups in total. The maximum atomic E-state index is 4.43. The van der Waals surface area contributed by atoms with E-state index in [0.29, 0.717) is 0 Å². The number of hydrogen-bond donors (Lipinski definition) is 1. The molecule has 18 heavy (non-hydrogen) atoms. The Morgan fingerprint density at radius 1 is 1.39 bits per heavy atom. The lowest BCUT2D eigenvalue weighted by Crippen LogP contribution is -2.21. The highest BCUT2D eigenvalue weighted by Gasteiger charge is 2.06. The van der Waals surface area contributed by atoms with Gasteiger partial charge in [-0.2, -0.15) is 0 Å². The second-order valence-corrected chi connectivity index (χ2v) is 5.36. The van der Waals surface area contributed by atoms with Crippen LogP contribution in [0.2, 0.25) is 0 Å². The van der Waals surface area contributed by atoms with Crippen LogP contribution in [0.4, 0.5) is 5.82 Å². The zero-order valence-electron chi connectivity index (χ0n) is 12.2. The van der Waals surface area contributed by atoms with Gasteiger partial charge in [0.05, 0.1) is 0 Å². The summed E-state index contributed by atoms with van der Waals surface area (Å²) in [6.45, 7) is 9.80. The molecule has 3 nitrogen and oxygen atoms in total. The van der Waals surface area contributed by atoms with Crippen molar-refractivity contribution >= 4 is 5.82 Å². The largest absolute Gasteiger partial charge is 0.370 e. The molecule has 0 aromatic carbocycles. The van der Waals surface area contributed by atoms with Crippen LogP contribution in [0.5, 0.6) is 0 Å². The Kier molecular flexibility index (Phi) is 6.73. The number of rotatable bonds is 8. The summed E-state index contributed by atoms with van der Waals surface area (Å²) < 4.78 is 0. The third kappa shape index (κ3) is 5.50. The first-order chi connectivity index (χ1) is 8.63. The van der Waals surface area contributed by atoms with Crippen molar-refractivity contribution in [2.75, 3.05) is 25.5 Å². The van der Waals surface area contributed by atoms with Crippen molar-refractivity contribution in [3.05, 3.63) is 23.9 Å². The molecule has 0 fully saturated rings. The average molecular weight is 249 g/mol. The lowest BCUT2D eigenvalue weighted by molar-refractivity contribution is 0.303. The Hall–Kier alpha value is -1.09. The van der Waals surface area contributed by atoms with Crippen molar-refractivity contribution in [1.29, 1.82) is 0 Å². The van der Waals surface area contributed by atoms with E-state index in [4.69, 9.17) is 0 Å². The SMILES string of the molecule is CCCNc1ncccc1CN(C)CCC(C)C. The number of nitrogens with zero attached hydrogens (tertiary/aromatic N) is 2. The summed E-state index contributed by atoms with van der Waals surface area (Å²) in [7, 11) is 2.18. The molecular formula is C15H27N3. The monoisotopic (exact) mass is 249 g/mol. The van der Waals surface area contributed by atoms with E-state index in [0.717, 1.165) is 37.8 Å². The van der Waals surface area contributed by atoms with E-state index < -0.39 is 0 Å². The highest BCUT2D eigenvalue weighted by atomic mass is 15.1. The van der Waals surface area contributed by atoms with E-state index in [1.54, 1.807) is 0 Å². The van der Waals surface area contributed by atoms with Crippen molar-refractivity contribution in [2.45, 2.75) is 40.2 Å². The smallest absolute Gasteiger partial charge is 0.130 e. The molecule has 0 amide bonds. The summed E-state index contributed by atoms with van der Waals surface area (Å²) in [6, 6.07) is 4.18. The Morgan fingerprint density at radius 3 is 2.83 bits per heavy atom. The molecule has 1 aromatic rings. The normalized spacial score (nSPS) is 11.2. The first-order valence-corrected chi connectivity index (χ1v) is 6.99. The van der Waals surface area contributed by atoms with E-state index in [1.165, 1.54) is 12.0 Å². The molecule has 102 valence electrons. The molecule has 3 heteroatoms. The molecule has 1 rings (SSSR count). The van der Waals surface area contributed by atoms with E-state index in [1.807, 2.05) is 12.3 Å². The third-order valence-electron chi connectivity index (χ3n) is 2.96. The number of nitrogens with one attached hydrogen (secondary N) is 1. The quantitative estimate of drug-likeness (QED) is 0.765. The Labute approximate surface area is 112 Å². The van der Waals surface area contributed by atoms with Gasteiger partial charge in [0.15, 0.2) is 0 Å². The molecule has 0 unspecified atom stereocenters. The van der Waals surface area contributed by atoms with Crippen LogP contribution in [0, 0.1) is 5.92 Å². The third-order valence-corrected chi connectivity index (χ3v) is 2.96. The Morgan fingerprint density at radius 2 is 2.17 bits per heavy atom. The summed E-state index contributed by atoms with van der Waals surface area (Å²) in [5.41, 5.74) is 1.29. The van der Waals surface area contributed by atoms with Gasteiger partial charge in [0, 0.05) is 24.8 Å². The highest BCUT2D eigenvalue weighted by Crippen LogP contribution is 2.14. The van der Waals surface area contributed by atoms with Gasteiger partial charge in [0.25, 0.3) is 0 Å². The minimum absolute atomic E-state index is 0.763. The topological polar surface area (TPSA) is 28.2 Å². The fraction of sp³-hybridized carbons (Fsp3) is 0.667. The van der Waals surface area contributed by atoms with Crippen molar-refractivity contribution in [3.63, 3.8) is 0 Å². The van der Waals surface area contributed by atoms with E-state index in [9.17, 15) is 0 Å². The Balaban J connectivity index is 2.54. The number of anilines is 1. The van der Waals surface area contributed by atoms with Gasteiger partial charge < -0.3 is 10.2 Å². The summed E-state index contributed by atoms with van der Waals surface area (Å²) in [6.07, 6.45) is 4.23. The van der Waals surface area contributed by atoms with E-state index >= 15 is 0 Å². The zero-order chi connectivity index (χ0) is 13.4. The first-order valence-electron chi connectivity index (χ1n) is 6.99. The van der Waals surface area contributed by atoms with Crippen LogP contribution in [0.1, 0.15) is 39.2 Å². The van der Waals surface area contributed by atoms with Gasteiger partial charge in [-0.15, -0.1) is 0 Å². The number of hydrogen-bond acceptors (Lipinski definition) is 3. The minimum atomic E-state index is 0.763. The molecule has 0 aliphatic carbocycles. The first kappa shape index (κ1) is 15.0. The summed E-state index contributed by atoms with van der Waals surface area (Å²) in [5, 5.41) is 3.40. The van der Waals surface area contributed by atoms with Gasteiger partial charge in [0.1, 0.15) is 5.82 Å². The van der Waals surface area contributed by atoms with Crippen LogP contribution in [0.15, 0.2) is 18.3 Å². The lowest BCUT2D eigenvalue weighted by atomic mass is 10.1. The predicted octanol–water partition coefficient (Wildman–Crippen LogP) is 3.38. The van der Waals surface area contributed by atoms with Crippen LogP contribution < -0.4 is 5.32 Å². The molecule has 0 aliphatic rings. The minimum Gasteiger partial charge on any atom is -0.370 e. The molecule has 0 saturated carbocycles. The van der Waals surface area contributed by atoms with Crippen LogP contribution in [0.3, 0.4) is 0 Å². The van der Waals surface area contributed by atoms with Crippen molar-refractivity contribution in [2.24, 2.45) is 5.92 Å². The van der Waals surface area contributed by atoms with Gasteiger partial charge in [-0.25, -0.2) is 4.98 Å². The maximum absolute atomic E-state index is 4.43. The molecule has 1 aromatic heterocycles. The zero-order valence-corrected chi connectivity index (χ0v) is 12.2. The highest BCUT2D eigenvalue weighted by molar-refractivity contribution is 5.43. The van der Waals surface area contributed by atoms with E-state index in [2.05, 4.69) is 49.1 Å². The standard InChI is InChI=1S/C15H27N3/c1-5-9-16-15-14(7-6-10-17-15)12-18(4)11-8-13(2)3/h6-7,10,13H,5,8-9,11-12H2,1-4H3,(H,16,17).